The molecule has 0 aliphatic heterocycles. The van der Waals surface area contributed by atoms with E-state index in [9.17, 15) is 14.7 Å². The average molecular weight is 531 g/mol. The highest BCUT2D eigenvalue weighted by Crippen LogP contribution is 2.28. The van der Waals surface area contributed by atoms with Gasteiger partial charge in [0.1, 0.15) is 11.3 Å². The van der Waals surface area contributed by atoms with Crippen molar-refractivity contribution in [1.82, 2.24) is 20.5 Å². The first-order chi connectivity index (χ1) is 17.5. The van der Waals surface area contributed by atoms with Crippen LogP contribution in [0.25, 0.3) is 10.2 Å². The van der Waals surface area contributed by atoms with Crippen LogP contribution in [0.1, 0.15) is 43.2 Å². The van der Waals surface area contributed by atoms with Crippen molar-refractivity contribution in [3.05, 3.63) is 62.2 Å². The van der Waals surface area contributed by atoms with Crippen LogP contribution < -0.4 is 15.5 Å². The van der Waals surface area contributed by atoms with Crippen LogP contribution in [0.2, 0.25) is 5.02 Å². The summed E-state index contributed by atoms with van der Waals surface area (Å²) in [7, 11) is 0. The van der Waals surface area contributed by atoms with Crippen molar-refractivity contribution in [1.29, 1.82) is 0 Å². The minimum atomic E-state index is -0.151. The Hall–Kier alpha value is -2.39. The first-order valence-electron chi connectivity index (χ1n) is 12.8. The Kier molecular flexibility index (Phi) is 9.81. The number of carbonyl (C=O) groups excluding carboxylic acids is 1. The van der Waals surface area contributed by atoms with Gasteiger partial charge in [0.05, 0.1) is 4.70 Å². The lowest BCUT2D eigenvalue weighted by atomic mass is 10.1. The number of hydrogen-bond donors (Lipinski definition) is 4. The van der Waals surface area contributed by atoms with Crippen molar-refractivity contribution in [2.24, 2.45) is 0 Å². The number of nitrogens with one attached hydrogen (secondary N) is 3. The zero-order valence-electron chi connectivity index (χ0n) is 20.5. The van der Waals surface area contributed by atoms with Gasteiger partial charge < -0.3 is 20.7 Å². The number of fused-ring (bicyclic) bond motifs is 1. The van der Waals surface area contributed by atoms with E-state index >= 15 is 0 Å². The fourth-order valence-corrected chi connectivity index (χ4v) is 6.07. The zero-order valence-corrected chi connectivity index (χ0v) is 22.1. The van der Waals surface area contributed by atoms with Crippen LogP contribution in [-0.4, -0.2) is 59.7 Å². The number of halogens is 1. The van der Waals surface area contributed by atoms with Gasteiger partial charge >= 0.3 is 4.87 Å². The van der Waals surface area contributed by atoms with E-state index in [0.29, 0.717) is 24.5 Å². The number of rotatable bonds is 13. The zero-order chi connectivity index (χ0) is 25.3. The summed E-state index contributed by atoms with van der Waals surface area (Å²) in [5, 5.41) is 17.2. The fraction of sp³-hybridized carbons (Fsp3) is 0.481. The molecule has 1 aromatic heterocycles. The van der Waals surface area contributed by atoms with Crippen LogP contribution in [0.4, 0.5) is 0 Å². The molecule has 1 aliphatic carbocycles. The smallest absolute Gasteiger partial charge is 0.305 e. The number of benzene rings is 2. The quantitative estimate of drug-likeness (QED) is 0.250. The largest absolute Gasteiger partial charge is 0.506 e. The van der Waals surface area contributed by atoms with Crippen LogP contribution in [-0.2, 0) is 17.6 Å². The predicted octanol–water partition coefficient (Wildman–Crippen LogP) is 4.07. The lowest BCUT2D eigenvalue weighted by Gasteiger charge is -2.28. The molecule has 3 aromatic rings. The number of carbonyl (C=O) groups is 1. The highest BCUT2D eigenvalue weighted by molar-refractivity contribution is 7.16. The van der Waals surface area contributed by atoms with E-state index in [2.05, 4.69) is 20.5 Å². The van der Waals surface area contributed by atoms with E-state index < -0.39 is 0 Å². The van der Waals surface area contributed by atoms with E-state index in [1.807, 2.05) is 30.3 Å². The summed E-state index contributed by atoms with van der Waals surface area (Å²) in [5.41, 5.74) is 2.71. The summed E-state index contributed by atoms with van der Waals surface area (Å²) in [4.78, 5) is 29.2. The molecular weight excluding hydrogens is 496 g/mol. The second-order valence-corrected chi connectivity index (χ2v) is 10.8. The lowest BCUT2D eigenvalue weighted by Crippen LogP contribution is -2.41. The minimum Gasteiger partial charge on any atom is -0.506 e. The monoisotopic (exact) mass is 530 g/mol. The van der Waals surface area contributed by atoms with Gasteiger partial charge in [0.25, 0.3) is 0 Å². The molecule has 1 heterocycles. The average Bonchev–Trinajstić information content (AvgIpc) is 3.52. The number of phenolic OH excluding ortho intramolecular Hbond substituents is 1. The molecule has 4 rings (SSSR count). The van der Waals surface area contributed by atoms with Crippen molar-refractivity contribution in [2.45, 2.75) is 51.0 Å². The second-order valence-electron chi connectivity index (χ2n) is 9.42. The van der Waals surface area contributed by atoms with E-state index in [0.717, 1.165) is 71.2 Å². The maximum atomic E-state index is 12.5. The summed E-state index contributed by atoms with van der Waals surface area (Å²) in [6.07, 6.45) is 6.98. The number of nitrogens with zero attached hydrogens (tertiary/aromatic N) is 1. The number of amides is 1. The van der Waals surface area contributed by atoms with Gasteiger partial charge in [-0.1, -0.05) is 54.0 Å². The number of aromatic hydroxyl groups is 1. The summed E-state index contributed by atoms with van der Waals surface area (Å²) < 4.78 is 0.829. The molecule has 2 aromatic carbocycles. The van der Waals surface area contributed by atoms with Crippen molar-refractivity contribution >= 4 is 39.1 Å². The highest BCUT2D eigenvalue weighted by Gasteiger charge is 2.22. The molecule has 7 nitrogen and oxygen atoms in total. The maximum absolute atomic E-state index is 12.5. The van der Waals surface area contributed by atoms with Gasteiger partial charge in [0, 0.05) is 43.7 Å². The number of phenols is 1. The van der Waals surface area contributed by atoms with E-state index in [-0.39, 0.29) is 16.5 Å². The predicted molar refractivity (Wildman–Crippen MR) is 147 cm³/mol. The standard InChI is InChI=1S/C27H35ClN4O3S/c28-21-5-3-4-19(18-21)10-14-30-24(34)12-16-32(22-6-1-2-7-22)17-15-29-13-11-20-8-9-23(33)25-26(20)36-27(35)31-25/h3-5,8-9,18,22,29,33H,1-2,6-7,10-17H2,(H,30,34)(H,31,35). The summed E-state index contributed by atoms with van der Waals surface area (Å²) in [6, 6.07) is 11.8. The summed E-state index contributed by atoms with van der Waals surface area (Å²) in [6.45, 7) is 3.92. The highest BCUT2D eigenvalue weighted by atomic mass is 35.5. The Morgan fingerprint density at radius 3 is 2.75 bits per heavy atom. The molecule has 1 saturated carbocycles. The molecule has 1 amide bonds. The number of H-pyrrole nitrogens is 1. The maximum Gasteiger partial charge on any atom is 0.305 e. The van der Waals surface area contributed by atoms with E-state index in [1.165, 1.54) is 25.7 Å². The first-order valence-corrected chi connectivity index (χ1v) is 14.0. The van der Waals surface area contributed by atoms with Crippen LogP contribution in [0, 0.1) is 0 Å². The fourth-order valence-electron chi connectivity index (χ4n) is 4.96. The molecular formula is C27H35ClN4O3S. The van der Waals surface area contributed by atoms with Gasteiger partial charge in [-0.05, 0) is 61.6 Å². The first kappa shape index (κ1) is 26.7. The van der Waals surface area contributed by atoms with Gasteiger partial charge in [-0.3, -0.25) is 14.5 Å². The van der Waals surface area contributed by atoms with Crippen molar-refractivity contribution in [3.8, 4) is 5.75 Å². The second kappa shape index (κ2) is 13.2. The summed E-state index contributed by atoms with van der Waals surface area (Å²) >= 11 is 7.18. The Morgan fingerprint density at radius 1 is 1.11 bits per heavy atom. The molecule has 1 aliphatic rings. The molecule has 0 saturated heterocycles. The molecule has 1 fully saturated rings. The Labute approximate surface area is 220 Å². The third kappa shape index (κ3) is 7.56. The molecule has 0 atom stereocenters. The lowest BCUT2D eigenvalue weighted by molar-refractivity contribution is -0.121. The molecule has 0 radical (unpaired) electrons. The van der Waals surface area contributed by atoms with Gasteiger partial charge in [-0.25, -0.2) is 0 Å². The van der Waals surface area contributed by atoms with Crippen LogP contribution in [0.15, 0.2) is 41.2 Å². The third-order valence-electron chi connectivity index (χ3n) is 6.88. The normalized spacial score (nSPS) is 14.2. The Balaban J connectivity index is 1.19. The number of aromatic amines is 1. The minimum absolute atomic E-state index is 0.0924. The van der Waals surface area contributed by atoms with Gasteiger partial charge in [-0.15, -0.1) is 0 Å². The summed E-state index contributed by atoms with van der Waals surface area (Å²) in [5.74, 6) is 0.204. The molecule has 0 unspecified atom stereocenters. The van der Waals surface area contributed by atoms with Crippen LogP contribution in [0.3, 0.4) is 0 Å². The molecule has 9 heteroatoms. The SMILES string of the molecule is O=C(CCN(CCNCCc1ccc(O)c2[nH]c(=O)sc12)C1CCCC1)NCCc1cccc(Cl)c1. The molecule has 194 valence electrons. The number of thiazole rings is 1. The molecule has 36 heavy (non-hydrogen) atoms. The molecule has 0 bridgehead atoms. The van der Waals surface area contributed by atoms with Gasteiger partial charge in [-0.2, -0.15) is 0 Å². The van der Waals surface area contributed by atoms with Crippen molar-refractivity contribution < 1.29 is 9.90 Å². The molecule has 0 spiro atoms. The number of hydrogen-bond acceptors (Lipinski definition) is 6. The Bertz CT molecular complexity index is 1210. The Morgan fingerprint density at radius 2 is 1.94 bits per heavy atom. The van der Waals surface area contributed by atoms with Crippen LogP contribution >= 0.6 is 22.9 Å². The van der Waals surface area contributed by atoms with Gasteiger partial charge in [0.15, 0.2) is 0 Å². The van der Waals surface area contributed by atoms with E-state index in [1.54, 1.807) is 6.07 Å². The van der Waals surface area contributed by atoms with Crippen molar-refractivity contribution in [3.63, 3.8) is 0 Å². The van der Waals surface area contributed by atoms with E-state index in [4.69, 9.17) is 11.6 Å². The third-order valence-corrected chi connectivity index (χ3v) is 8.07. The van der Waals surface area contributed by atoms with Gasteiger partial charge in [0.2, 0.25) is 5.91 Å². The number of aromatic nitrogens is 1. The molecule has 4 N–H and O–H groups in total. The van der Waals surface area contributed by atoms with Crippen LogP contribution in [0.5, 0.6) is 5.75 Å². The topological polar surface area (TPSA) is 97.5 Å². The van der Waals surface area contributed by atoms with Crippen molar-refractivity contribution in [2.75, 3.05) is 32.7 Å².